The van der Waals surface area contributed by atoms with Crippen LogP contribution in [0.5, 0.6) is 0 Å². The Morgan fingerprint density at radius 2 is 1.92 bits per heavy atom. The molecular formula is C14H16FN5O3S. The molecule has 0 bridgehead atoms. The Labute approximate surface area is 142 Å². The van der Waals surface area contributed by atoms with Gasteiger partial charge in [0.25, 0.3) is 11.8 Å². The van der Waals surface area contributed by atoms with Crippen LogP contribution in [-0.4, -0.2) is 52.9 Å². The number of carbonyl (C=O) groups excluding carboxylic acids is 3. The lowest BCUT2D eigenvalue weighted by molar-refractivity contribution is -0.130. The predicted molar refractivity (Wildman–Crippen MR) is 86.9 cm³/mol. The molecular weight excluding hydrogens is 337 g/mol. The molecule has 3 N–H and O–H groups in total. The van der Waals surface area contributed by atoms with Crippen molar-refractivity contribution >= 4 is 35.2 Å². The fourth-order valence-electron chi connectivity index (χ4n) is 1.96. The number of hydrogen-bond donors (Lipinski definition) is 3. The zero-order valence-corrected chi connectivity index (χ0v) is 13.7. The number of hydrogen-bond acceptors (Lipinski definition) is 4. The summed E-state index contributed by atoms with van der Waals surface area (Å²) in [6, 6.07) is 5.34. The molecule has 1 aromatic rings. The number of halogens is 1. The first-order valence-corrected chi connectivity index (χ1v) is 7.40. The number of carbonyl (C=O) groups is 3. The monoisotopic (exact) mass is 353 g/mol. The molecule has 1 fully saturated rings. The molecule has 128 valence electrons. The zero-order chi connectivity index (χ0) is 17.7. The van der Waals surface area contributed by atoms with Crippen LogP contribution < -0.4 is 16.2 Å². The molecule has 1 aliphatic heterocycles. The molecule has 0 aromatic heterocycles. The third-order valence-corrected chi connectivity index (χ3v) is 3.46. The molecule has 0 saturated carbocycles. The van der Waals surface area contributed by atoms with Crippen molar-refractivity contribution in [1.29, 1.82) is 0 Å². The summed E-state index contributed by atoms with van der Waals surface area (Å²) in [6.45, 7) is -0.0946. The first-order valence-electron chi connectivity index (χ1n) is 6.99. The van der Waals surface area contributed by atoms with Gasteiger partial charge in [-0.05, 0) is 29.9 Å². The van der Waals surface area contributed by atoms with Crippen LogP contribution in [0.15, 0.2) is 24.3 Å². The fraction of sp³-hybridized carbons (Fsp3) is 0.286. The molecule has 1 saturated heterocycles. The minimum atomic E-state index is -0.585. The molecule has 24 heavy (non-hydrogen) atoms. The average molecular weight is 353 g/mol. The van der Waals surface area contributed by atoms with Gasteiger partial charge in [-0.1, -0.05) is 12.1 Å². The van der Waals surface area contributed by atoms with Crippen LogP contribution in [0, 0.1) is 5.82 Å². The number of urea groups is 1. The number of nitrogens with one attached hydrogen (secondary N) is 3. The predicted octanol–water partition coefficient (Wildman–Crippen LogP) is -0.285. The van der Waals surface area contributed by atoms with E-state index in [-0.39, 0.29) is 17.5 Å². The second kappa shape index (κ2) is 7.68. The van der Waals surface area contributed by atoms with E-state index in [4.69, 9.17) is 12.2 Å². The molecule has 0 atom stereocenters. The van der Waals surface area contributed by atoms with E-state index in [1.165, 1.54) is 24.1 Å². The first kappa shape index (κ1) is 17.6. The number of imide groups is 1. The van der Waals surface area contributed by atoms with Crippen molar-refractivity contribution in [2.45, 2.75) is 6.54 Å². The van der Waals surface area contributed by atoms with Crippen LogP contribution in [-0.2, 0) is 16.1 Å². The number of nitrogens with zero attached hydrogens (tertiary/aromatic N) is 2. The highest BCUT2D eigenvalue weighted by Gasteiger charge is 2.34. The van der Waals surface area contributed by atoms with Crippen molar-refractivity contribution in [1.82, 2.24) is 26.0 Å². The standard InChI is InChI=1S/C14H16FN5O3S/c1-19-8-12(22)20(14(19)23)7-11(21)17-18-13(24)16-6-9-2-4-10(15)5-3-9/h2-5H,6-8H2,1H3,(H,17,21)(H2,16,18,24). The summed E-state index contributed by atoms with van der Waals surface area (Å²) < 4.78 is 12.8. The van der Waals surface area contributed by atoms with Crippen molar-refractivity contribution in [3.05, 3.63) is 35.6 Å². The Morgan fingerprint density at radius 1 is 1.25 bits per heavy atom. The van der Waals surface area contributed by atoms with Crippen molar-refractivity contribution in [3.63, 3.8) is 0 Å². The maximum atomic E-state index is 12.8. The quantitative estimate of drug-likeness (QED) is 0.391. The van der Waals surface area contributed by atoms with Crippen LogP contribution in [0.3, 0.4) is 0 Å². The average Bonchev–Trinajstić information content (AvgIpc) is 2.78. The summed E-state index contributed by atoms with van der Waals surface area (Å²) in [6.07, 6.45) is 0. The zero-order valence-electron chi connectivity index (χ0n) is 12.8. The maximum absolute atomic E-state index is 12.8. The van der Waals surface area contributed by atoms with Crippen molar-refractivity contribution in [2.24, 2.45) is 0 Å². The Bertz CT molecular complexity index is 667. The molecule has 4 amide bonds. The van der Waals surface area contributed by atoms with E-state index in [9.17, 15) is 18.8 Å². The van der Waals surface area contributed by atoms with E-state index < -0.39 is 24.4 Å². The second-order valence-electron chi connectivity index (χ2n) is 5.10. The van der Waals surface area contributed by atoms with Gasteiger partial charge in [0.05, 0.1) is 0 Å². The summed E-state index contributed by atoms with van der Waals surface area (Å²) in [4.78, 5) is 37.0. The van der Waals surface area contributed by atoms with E-state index >= 15 is 0 Å². The molecule has 1 heterocycles. The van der Waals surface area contributed by atoms with Gasteiger partial charge in [-0.15, -0.1) is 0 Å². The van der Waals surface area contributed by atoms with Gasteiger partial charge in [-0.2, -0.15) is 0 Å². The second-order valence-corrected chi connectivity index (χ2v) is 5.51. The van der Waals surface area contributed by atoms with Gasteiger partial charge >= 0.3 is 6.03 Å². The topological polar surface area (TPSA) is 93.8 Å². The van der Waals surface area contributed by atoms with Gasteiger partial charge in [0.15, 0.2) is 5.11 Å². The summed E-state index contributed by atoms with van der Waals surface area (Å²) in [7, 11) is 1.48. The van der Waals surface area contributed by atoms with Gasteiger partial charge in [-0.25, -0.2) is 9.18 Å². The van der Waals surface area contributed by atoms with E-state index in [1.54, 1.807) is 12.1 Å². The van der Waals surface area contributed by atoms with E-state index in [0.29, 0.717) is 6.54 Å². The number of amides is 4. The molecule has 0 aliphatic carbocycles. The third-order valence-electron chi connectivity index (χ3n) is 3.21. The van der Waals surface area contributed by atoms with Crippen LogP contribution in [0.2, 0.25) is 0 Å². The van der Waals surface area contributed by atoms with Crippen molar-refractivity contribution in [2.75, 3.05) is 20.1 Å². The van der Waals surface area contributed by atoms with Gasteiger partial charge < -0.3 is 10.2 Å². The molecule has 8 nitrogen and oxygen atoms in total. The van der Waals surface area contributed by atoms with Gasteiger partial charge in [0, 0.05) is 13.6 Å². The van der Waals surface area contributed by atoms with E-state index in [1.807, 2.05) is 0 Å². The fourth-order valence-corrected chi connectivity index (χ4v) is 2.09. The third kappa shape index (κ3) is 4.62. The maximum Gasteiger partial charge on any atom is 0.327 e. The Morgan fingerprint density at radius 3 is 2.50 bits per heavy atom. The minimum absolute atomic E-state index is 0.0445. The van der Waals surface area contributed by atoms with E-state index in [0.717, 1.165) is 10.5 Å². The number of likely N-dealkylation sites (N-methyl/N-ethyl adjacent to an activating group) is 1. The smallest absolute Gasteiger partial charge is 0.327 e. The largest absolute Gasteiger partial charge is 0.357 e. The number of thiocarbonyl (C=S) groups is 1. The lowest BCUT2D eigenvalue weighted by Crippen LogP contribution is -2.50. The number of benzene rings is 1. The first-order chi connectivity index (χ1) is 11.4. The van der Waals surface area contributed by atoms with Crippen molar-refractivity contribution < 1.29 is 18.8 Å². The Balaban J connectivity index is 1.71. The Hall–Kier alpha value is -2.75. The van der Waals surface area contributed by atoms with Crippen LogP contribution in [0.4, 0.5) is 9.18 Å². The molecule has 1 aromatic carbocycles. The van der Waals surface area contributed by atoms with Gasteiger partial charge in [0.2, 0.25) is 0 Å². The van der Waals surface area contributed by atoms with E-state index in [2.05, 4.69) is 16.2 Å². The number of rotatable bonds is 4. The summed E-state index contributed by atoms with van der Waals surface area (Å²) in [5.41, 5.74) is 5.56. The lowest BCUT2D eigenvalue weighted by Gasteiger charge is -2.15. The SMILES string of the molecule is CN1CC(=O)N(CC(=O)NNC(=S)NCc2ccc(F)cc2)C1=O. The molecule has 0 unspecified atom stereocenters. The normalized spacial score (nSPS) is 13.9. The molecule has 10 heteroatoms. The van der Waals surface area contributed by atoms with Crippen LogP contribution >= 0.6 is 12.2 Å². The molecule has 0 radical (unpaired) electrons. The Kier molecular flexibility index (Phi) is 5.64. The van der Waals surface area contributed by atoms with Gasteiger partial charge in [0.1, 0.15) is 18.9 Å². The highest BCUT2D eigenvalue weighted by Crippen LogP contribution is 2.06. The summed E-state index contributed by atoms with van der Waals surface area (Å²) in [5, 5.41) is 2.96. The van der Waals surface area contributed by atoms with Crippen LogP contribution in [0.25, 0.3) is 0 Å². The molecule has 0 spiro atoms. The van der Waals surface area contributed by atoms with Gasteiger partial charge in [-0.3, -0.25) is 25.3 Å². The molecule has 2 rings (SSSR count). The summed E-state index contributed by atoms with van der Waals surface area (Å²) >= 11 is 4.98. The number of hydrazine groups is 1. The highest BCUT2D eigenvalue weighted by molar-refractivity contribution is 7.80. The highest BCUT2D eigenvalue weighted by atomic mass is 32.1. The minimum Gasteiger partial charge on any atom is -0.357 e. The van der Waals surface area contributed by atoms with Crippen LogP contribution in [0.1, 0.15) is 5.56 Å². The molecule has 1 aliphatic rings. The lowest BCUT2D eigenvalue weighted by atomic mass is 10.2. The summed E-state index contributed by atoms with van der Waals surface area (Å²) in [5.74, 6) is -1.35. The van der Waals surface area contributed by atoms with Crippen molar-refractivity contribution in [3.8, 4) is 0 Å².